The molecule has 4 heterocycles. The number of fused-ring (bicyclic) bond motifs is 1. The van der Waals surface area contributed by atoms with E-state index in [1.807, 2.05) is 24.3 Å². The normalized spacial score (nSPS) is 18.8. The SMILES string of the molecule is CC(C)(/C=C(/C#N)C(=O)N1CCC[C@H]1Cn1nc(-c2ccc(Oc3ccccc3)cc2F)c2c(N)ncnc21)N(C1CC1)C1COC1. The number of aromatic nitrogens is 4. The van der Waals surface area contributed by atoms with Crippen molar-refractivity contribution in [2.75, 3.05) is 25.5 Å². The first kappa shape index (κ1) is 30.8. The molecular weight excluding hydrogens is 599 g/mol. The summed E-state index contributed by atoms with van der Waals surface area (Å²) in [5.41, 5.74) is 6.92. The molecule has 2 aliphatic heterocycles. The third-order valence-corrected chi connectivity index (χ3v) is 9.22. The molecule has 1 aliphatic carbocycles. The van der Waals surface area contributed by atoms with E-state index >= 15 is 4.39 Å². The molecule has 0 radical (unpaired) electrons. The average Bonchev–Trinajstić information content (AvgIpc) is 3.64. The lowest BCUT2D eigenvalue weighted by atomic mass is 9.95. The molecule has 2 N–H and O–H groups in total. The van der Waals surface area contributed by atoms with Crippen LogP contribution in [0, 0.1) is 17.1 Å². The van der Waals surface area contributed by atoms with E-state index in [1.165, 1.54) is 12.4 Å². The van der Waals surface area contributed by atoms with E-state index < -0.39 is 11.4 Å². The fourth-order valence-corrected chi connectivity index (χ4v) is 6.91. The van der Waals surface area contributed by atoms with E-state index in [4.69, 9.17) is 20.3 Å². The van der Waals surface area contributed by atoms with Crippen molar-refractivity contribution < 1.29 is 18.7 Å². The molecular formula is C35H37FN8O3. The number of hydrogen-bond donors (Lipinski definition) is 1. The van der Waals surface area contributed by atoms with Gasteiger partial charge in [0.25, 0.3) is 5.91 Å². The second kappa shape index (κ2) is 12.4. The van der Waals surface area contributed by atoms with Gasteiger partial charge in [-0.05, 0) is 69.9 Å². The highest BCUT2D eigenvalue weighted by Gasteiger charge is 2.45. The molecule has 11 nitrogen and oxygen atoms in total. The van der Waals surface area contributed by atoms with Gasteiger partial charge in [0, 0.05) is 29.8 Å². The molecule has 0 spiro atoms. The quantitative estimate of drug-likeness (QED) is 0.187. The van der Waals surface area contributed by atoms with Crippen molar-refractivity contribution in [2.45, 2.75) is 69.7 Å². The summed E-state index contributed by atoms with van der Waals surface area (Å²) in [7, 11) is 0. The number of para-hydroxylation sites is 1. The van der Waals surface area contributed by atoms with E-state index in [0.717, 1.165) is 25.7 Å². The summed E-state index contributed by atoms with van der Waals surface area (Å²) >= 11 is 0. The van der Waals surface area contributed by atoms with Crippen LogP contribution in [0.2, 0.25) is 0 Å². The average molecular weight is 637 g/mol. The predicted octanol–water partition coefficient (Wildman–Crippen LogP) is 5.09. The molecule has 0 bridgehead atoms. The van der Waals surface area contributed by atoms with Gasteiger partial charge in [-0.15, -0.1) is 0 Å². The molecule has 2 aromatic heterocycles. The monoisotopic (exact) mass is 636 g/mol. The van der Waals surface area contributed by atoms with Gasteiger partial charge in [0.15, 0.2) is 5.65 Å². The van der Waals surface area contributed by atoms with Crippen LogP contribution in [0.1, 0.15) is 39.5 Å². The van der Waals surface area contributed by atoms with Crippen LogP contribution < -0.4 is 10.5 Å². The highest BCUT2D eigenvalue weighted by Crippen LogP contribution is 2.38. The highest BCUT2D eigenvalue weighted by atomic mass is 19.1. The van der Waals surface area contributed by atoms with Crippen LogP contribution in [0.4, 0.5) is 10.2 Å². The van der Waals surface area contributed by atoms with E-state index in [1.54, 1.807) is 33.8 Å². The molecule has 3 fully saturated rings. The summed E-state index contributed by atoms with van der Waals surface area (Å²) in [5.74, 6) is 0.277. The van der Waals surface area contributed by atoms with E-state index in [-0.39, 0.29) is 34.9 Å². The van der Waals surface area contributed by atoms with Crippen molar-refractivity contribution in [2.24, 2.45) is 0 Å². The lowest BCUT2D eigenvalue weighted by Gasteiger charge is -2.46. The van der Waals surface area contributed by atoms with Crippen LogP contribution in [0.5, 0.6) is 11.5 Å². The number of nitrogen functional groups attached to an aromatic ring is 1. The fourth-order valence-electron chi connectivity index (χ4n) is 6.91. The molecule has 1 amide bonds. The Kier molecular flexibility index (Phi) is 8.11. The van der Waals surface area contributed by atoms with Crippen LogP contribution in [-0.2, 0) is 16.1 Å². The maximum absolute atomic E-state index is 15.6. The minimum atomic E-state index is -0.536. The summed E-state index contributed by atoms with van der Waals surface area (Å²) in [6, 6.07) is 16.4. The molecule has 1 atom stereocenters. The molecule has 0 unspecified atom stereocenters. The fraction of sp³-hybridized carbons (Fsp3) is 0.400. The van der Waals surface area contributed by atoms with Gasteiger partial charge in [0.05, 0.1) is 37.2 Å². The first-order chi connectivity index (χ1) is 22.7. The third kappa shape index (κ3) is 6.04. The first-order valence-corrected chi connectivity index (χ1v) is 16.0. The largest absolute Gasteiger partial charge is 0.457 e. The Labute approximate surface area is 272 Å². The summed E-state index contributed by atoms with van der Waals surface area (Å²) in [4.78, 5) is 26.7. The van der Waals surface area contributed by atoms with Crippen molar-refractivity contribution in [1.82, 2.24) is 29.5 Å². The number of rotatable bonds is 10. The zero-order valence-corrected chi connectivity index (χ0v) is 26.5. The molecule has 3 aliphatic rings. The predicted molar refractivity (Wildman–Crippen MR) is 174 cm³/mol. The zero-order chi connectivity index (χ0) is 32.7. The van der Waals surface area contributed by atoms with E-state index in [2.05, 4.69) is 34.8 Å². The second-order valence-electron chi connectivity index (χ2n) is 13.0. The standard InChI is InChI=1S/C35H37FN8O3/c1-35(2,44(23-10-11-23)25-19-46-20-25)16-22(17-37)34(45)42-14-6-7-24(42)18-43-33-30(32(38)39-21-40-33)31(41-43)28-13-12-27(15-29(28)36)47-26-8-4-3-5-9-26/h3-5,8-9,12-13,15-16,21,23-25H,6-7,10-11,14,18-20H2,1-2H3,(H2,38,39,40)/b22-16-/t24-/m0/s1. The highest BCUT2D eigenvalue weighted by molar-refractivity contribution is 5.99. The Morgan fingerprint density at radius 1 is 1.15 bits per heavy atom. The van der Waals surface area contributed by atoms with Gasteiger partial charge in [-0.1, -0.05) is 18.2 Å². The molecule has 2 aromatic carbocycles. The number of carbonyl (C=O) groups is 1. The second-order valence-corrected chi connectivity index (χ2v) is 13.0. The number of anilines is 1. The number of hydrogen-bond acceptors (Lipinski definition) is 9. The number of carbonyl (C=O) groups excluding carboxylic acids is 1. The molecule has 1 saturated carbocycles. The van der Waals surface area contributed by atoms with Crippen LogP contribution in [0.15, 0.2) is 66.5 Å². The van der Waals surface area contributed by atoms with Gasteiger partial charge < -0.3 is 20.1 Å². The lowest BCUT2D eigenvalue weighted by molar-refractivity contribution is -0.127. The van der Waals surface area contributed by atoms with Crippen molar-refractivity contribution >= 4 is 22.8 Å². The topological polar surface area (TPSA) is 135 Å². The maximum atomic E-state index is 15.6. The lowest BCUT2D eigenvalue weighted by Crippen LogP contribution is -2.58. The summed E-state index contributed by atoms with van der Waals surface area (Å²) in [6.45, 7) is 6.29. The van der Waals surface area contributed by atoms with Crippen molar-refractivity contribution in [1.29, 1.82) is 5.26 Å². The first-order valence-electron chi connectivity index (χ1n) is 16.0. The van der Waals surface area contributed by atoms with Crippen LogP contribution in [-0.4, -0.2) is 78.9 Å². The van der Waals surface area contributed by atoms with Crippen LogP contribution >= 0.6 is 0 Å². The number of halogens is 1. The van der Waals surface area contributed by atoms with Gasteiger partial charge in [0.2, 0.25) is 0 Å². The minimum absolute atomic E-state index is 0.130. The number of benzene rings is 2. The number of nitriles is 1. The Bertz CT molecular complexity index is 1880. The summed E-state index contributed by atoms with van der Waals surface area (Å²) in [5, 5.41) is 15.4. The number of amides is 1. The van der Waals surface area contributed by atoms with Crippen molar-refractivity contribution in [3.63, 3.8) is 0 Å². The Balaban J connectivity index is 1.15. The number of nitrogens with two attached hydrogens (primary N) is 1. The Morgan fingerprint density at radius 2 is 1.94 bits per heavy atom. The molecule has 12 heteroatoms. The van der Waals surface area contributed by atoms with Gasteiger partial charge in [0.1, 0.15) is 46.8 Å². The Hall–Kier alpha value is -4.86. The zero-order valence-electron chi connectivity index (χ0n) is 26.5. The third-order valence-electron chi connectivity index (χ3n) is 9.22. The van der Waals surface area contributed by atoms with Crippen molar-refractivity contribution in [3.05, 3.63) is 72.3 Å². The van der Waals surface area contributed by atoms with E-state index in [0.29, 0.717) is 60.6 Å². The molecule has 4 aromatic rings. The smallest absolute Gasteiger partial charge is 0.264 e. The molecule has 2 saturated heterocycles. The van der Waals surface area contributed by atoms with Crippen molar-refractivity contribution in [3.8, 4) is 28.8 Å². The molecule has 7 rings (SSSR count). The number of likely N-dealkylation sites (tertiary alicyclic amines) is 1. The molecule has 242 valence electrons. The number of ether oxygens (including phenoxy) is 2. The maximum Gasteiger partial charge on any atom is 0.264 e. The van der Waals surface area contributed by atoms with Crippen LogP contribution in [0.3, 0.4) is 0 Å². The van der Waals surface area contributed by atoms with Gasteiger partial charge in [-0.25, -0.2) is 19.0 Å². The van der Waals surface area contributed by atoms with Gasteiger partial charge >= 0.3 is 0 Å². The van der Waals surface area contributed by atoms with Crippen LogP contribution in [0.25, 0.3) is 22.3 Å². The number of nitrogens with zero attached hydrogens (tertiary/aromatic N) is 7. The van der Waals surface area contributed by atoms with Gasteiger partial charge in [-0.3, -0.25) is 9.69 Å². The Morgan fingerprint density at radius 3 is 2.62 bits per heavy atom. The van der Waals surface area contributed by atoms with E-state index in [9.17, 15) is 10.1 Å². The summed E-state index contributed by atoms with van der Waals surface area (Å²) in [6.07, 6.45) is 6.90. The minimum Gasteiger partial charge on any atom is -0.457 e. The molecule has 47 heavy (non-hydrogen) atoms. The summed E-state index contributed by atoms with van der Waals surface area (Å²) < 4.78 is 28.6. The van der Waals surface area contributed by atoms with Gasteiger partial charge in [-0.2, -0.15) is 10.4 Å².